The number of hydrogen-bond donors (Lipinski definition) is 0. The first-order chi connectivity index (χ1) is 11.3. The second kappa shape index (κ2) is 8.34. The molecule has 0 bridgehead atoms. The van der Waals surface area contributed by atoms with Crippen molar-refractivity contribution in [2.24, 2.45) is 0 Å². The first kappa shape index (κ1) is 17.7. The minimum Gasteiger partial charge on any atom is -0.379 e. The molecule has 23 heavy (non-hydrogen) atoms. The molecule has 0 spiro atoms. The highest BCUT2D eigenvalue weighted by atomic mass is 79.9. The van der Waals surface area contributed by atoms with E-state index in [1.165, 1.54) is 10.9 Å². The van der Waals surface area contributed by atoms with Gasteiger partial charge >= 0.3 is 0 Å². The van der Waals surface area contributed by atoms with Crippen molar-refractivity contribution in [3.8, 4) is 0 Å². The van der Waals surface area contributed by atoms with E-state index >= 15 is 0 Å². The third-order valence-electron chi connectivity index (χ3n) is 4.23. The Bertz CT molecular complexity index is 565. The van der Waals surface area contributed by atoms with Crippen molar-refractivity contribution in [3.63, 3.8) is 0 Å². The van der Waals surface area contributed by atoms with Crippen LogP contribution in [0.15, 0.2) is 35.3 Å². The predicted molar refractivity (Wildman–Crippen MR) is 102 cm³/mol. The number of nitrogens with zero attached hydrogens (tertiary/aromatic N) is 2. The van der Waals surface area contributed by atoms with Gasteiger partial charge in [-0.2, -0.15) is 0 Å². The molecular weight excluding hydrogens is 395 g/mol. The van der Waals surface area contributed by atoms with E-state index in [2.05, 4.69) is 49.5 Å². The van der Waals surface area contributed by atoms with E-state index < -0.39 is 6.34 Å². The van der Waals surface area contributed by atoms with E-state index in [1.807, 2.05) is 11.1 Å². The molecule has 0 saturated carbocycles. The Morgan fingerprint density at radius 1 is 0.957 bits per heavy atom. The summed E-state index contributed by atoms with van der Waals surface area (Å²) in [4.78, 5) is 2.04. The summed E-state index contributed by atoms with van der Waals surface area (Å²) in [5, 5.41) is 1.22. The number of rotatable bonds is 4. The van der Waals surface area contributed by atoms with Crippen LogP contribution in [0.2, 0.25) is 0 Å². The highest BCUT2D eigenvalue weighted by Gasteiger charge is 2.38. The largest absolute Gasteiger partial charge is 0.379 e. The summed E-state index contributed by atoms with van der Waals surface area (Å²) in [5.41, 5.74) is 1.20. The van der Waals surface area contributed by atoms with Gasteiger partial charge in [0.25, 0.3) is 0 Å². The van der Waals surface area contributed by atoms with Crippen LogP contribution in [-0.4, -0.2) is 61.9 Å². The monoisotopic (exact) mass is 416 g/mol. The average Bonchev–Trinajstić information content (AvgIpc) is 2.64. The number of halogens is 1. The summed E-state index contributed by atoms with van der Waals surface area (Å²) in [7, 11) is 0. The molecule has 0 aliphatic carbocycles. The first-order valence-corrected chi connectivity index (χ1v) is 11.5. The second-order valence-corrected chi connectivity index (χ2v) is 10.2. The van der Waals surface area contributed by atoms with Crippen LogP contribution in [0.25, 0.3) is 5.31 Å². The lowest BCUT2D eigenvalue weighted by Gasteiger charge is -2.46. The number of benzene rings is 1. The molecule has 3 rings (SSSR count). The maximum Gasteiger partial charge on any atom is 0.108 e. The second-order valence-electron chi connectivity index (χ2n) is 5.54. The van der Waals surface area contributed by atoms with Crippen LogP contribution in [0.4, 0.5) is 0 Å². The summed E-state index contributed by atoms with van der Waals surface area (Å²) >= 11 is 10.0. The lowest BCUT2D eigenvalue weighted by atomic mass is 10.2. The number of hydrogen-bond acceptors (Lipinski definition) is 3. The molecule has 1 aromatic carbocycles. The Hall–Kier alpha value is -0.0700. The zero-order valence-electron chi connectivity index (χ0n) is 13.1. The Kier molecular flexibility index (Phi) is 6.44. The van der Waals surface area contributed by atoms with Crippen molar-refractivity contribution in [1.29, 1.82) is 0 Å². The van der Waals surface area contributed by atoms with Gasteiger partial charge in [0, 0.05) is 31.5 Å². The standard InChI is InChI=1S/C16H22BrN2O2PS/c17-14-16(15-4-2-1-3-5-15)22(23,18-6-10-20-11-7-18)19-8-12-21-13-9-19/h1-5,14H,6-13H2/b16-14-. The maximum atomic E-state index is 6.40. The molecule has 0 atom stereocenters. The average molecular weight is 417 g/mol. The van der Waals surface area contributed by atoms with Crippen LogP contribution in [0.3, 0.4) is 0 Å². The molecule has 0 amide bonds. The van der Waals surface area contributed by atoms with Crippen LogP contribution in [0.5, 0.6) is 0 Å². The fourth-order valence-electron chi connectivity index (χ4n) is 3.04. The van der Waals surface area contributed by atoms with Crippen LogP contribution >= 0.6 is 22.3 Å². The quantitative estimate of drug-likeness (QED) is 0.700. The van der Waals surface area contributed by atoms with Gasteiger partial charge in [0.2, 0.25) is 0 Å². The lowest BCUT2D eigenvalue weighted by Crippen LogP contribution is -2.43. The summed E-state index contributed by atoms with van der Waals surface area (Å²) in [6, 6.07) is 10.5. The van der Waals surface area contributed by atoms with E-state index in [1.54, 1.807) is 0 Å². The van der Waals surface area contributed by atoms with Gasteiger partial charge in [-0.05, 0) is 10.5 Å². The van der Waals surface area contributed by atoms with Gasteiger partial charge in [-0.1, -0.05) is 58.1 Å². The highest BCUT2D eigenvalue weighted by molar-refractivity contribution is 9.11. The molecule has 0 N–H and O–H groups in total. The zero-order valence-corrected chi connectivity index (χ0v) is 16.4. The molecule has 2 heterocycles. The first-order valence-electron chi connectivity index (χ1n) is 7.89. The molecular formula is C16H22BrN2O2PS. The fourth-order valence-corrected chi connectivity index (χ4v) is 9.01. The lowest BCUT2D eigenvalue weighted by molar-refractivity contribution is 0.0590. The zero-order chi connectivity index (χ0) is 16.1. The van der Waals surface area contributed by atoms with Gasteiger partial charge in [-0.25, -0.2) is 0 Å². The van der Waals surface area contributed by atoms with E-state index in [0.717, 1.165) is 52.6 Å². The third kappa shape index (κ3) is 3.79. The van der Waals surface area contributed by atoms with Crippen LogP contribution in [0, 0.1) is 0 Å². The Labute approximate surface area is 151 Å². The number of ether oxygens (including phenoxy) is 2. The van der Waals surface area contributed by atoms with Crippen LogP contribution in [-0.2, 0) is 21.3 Å². The van der Waals surface area contributed by atoms with Crippen molar-refractivity contribution in [2.75, 3.05) is 52.6 Å². The summed E-state index contributed by atoms with van der Waals surface area (Å²) in [5.74, 6) is 0. The fraction of sp³-hybridized carbons (Fsp3) is 0.500. The molecule has 2 aliphatic heterocycles. The summed E-state index contributed by atoms with van der Waals surface area (Å²) in [6.07, 6.45) is -2.05. The smallest absolute Gasteiger partial charge is 0.108 e. The minimum absolute atomic E-state index is 0.757. The third-order valence-corrected chi connectivity index (χ3v) is 10.4. The normalized spacial score (nSPS) is 22.2. The number of morpholine rings is 2. The molecule has 126 valence electrons. The van der Waals surface area contributed by atoms with Crippen LogP contribution < -0.4 is 0 Å². The Morgan fingerprint density at radius 3 is 1.87 bits per heavy atom. The molecule has 2 fully saturated rings. The molecule has 0 aromatic heterocycles. The van der Waals surface area contributed by atoms with E-state index in [4.69, 9.17) is 21.3 Å². The molecule has 4 nitrogen and oxygen atoms in total. The van der Waals surface area contributed by atoms with Crippen molar-refractivity contribution < 1.29 is 9.47 Å². The van der Waals surface area contributed by atoms with Crippen molar-refractivity contribution in [3.05, 3.63) is 40.9 Å². The SMILES string of the molecule is S=P(/C(=C\Br)c1ccccc1)(N1CCOCC1)N1CCOCC1. The van der Waals surface area contributed by atoms with Gasteiger partial charge in [-0.3, -0.25) is 9.34 Å². The van der Waals surface area contributed by atoms with Gasteiger partial charge in [0.1, 0.15) is 6.34 Å². The Balaban J connectivity index is 2.01. The van der Waals surface area contributed by atoms with Crippen molar-refractivity contribution >= 4 is 39.4 Å². The maximum absolute atomic E-state index is 6.40. The van der Waals surface area contributed by atoms with E-state index in [9.17, 15) is 0 Å². The molecule has 2 saturated heterocycles. The van der Waals surface area contributed by atoms with Gasteiger partial charge < -0.3 is 9.47 Å². The highest BCUT2D eigenvalue weighted by Crippen LogP contribution is 2.64. The van der Waals surface area contributed by atoms with Crippen molar-refractivity contribution in [2.45, 2.75) is 0 Å². The molecule has 7 heteroatoms. The summed E-state index contributed by atoms with van der Waals surface area (Å²) < 4.78 is 16.1. The van der Waals surface area contributed by atoms with Crippen LogP contribution in [0.1, 0.15) is 5.56 Å². The van der Waals surface area contributed by atoms with Gasteiger partial charge in [0.05, 0.1) is 26.4 Å². The van der Waals surface area contributed by atoms with E-state index in [-0.39, 0.29) is 0 Å². The minimum atomic E-state index is -2.05. The Morgan fingerprint density at radius 2 is 1.43 bits per heavy atom. The topological polar surface area (TPSA) is 24.9 Å². The molecule has 0 unspecified atom stereocenters. The van der Waals surface area contributed by atoms with Crippen molar-refractivity contribution in [1.82, 2.24) is 9.34 Å². The van der Waals surface area contributed by atoms with Gasteiger partial charge in [0.15, 0.2) is 0 Å². The van der Waals surface area contributed by atoms with E-state index in [0.29, 0.717) is 0 Å². The molecule has 2 aliphatic rings. The molecule has 1 aromatic rings. The summed E-state index contributed by atoms with van der Waals surface area (Å²) in [6.45, 7) is 6.61. The predicted octanol–water partition coefficient (Wildman–Crippen LogP) is 3.35. The van der Waals surface area contributed by atoms with Gasteiger partial charge in [-0.15, -0.1) is 0 Å². The molecule has 0 radical (unpaired) electrons.